The molecule has 0 bridgehead atoms. The molecule has 0 aromatic carbocycles. The number of nitrogens with one attached hydrogen (secondary N) is 1. The molecule has 19 heavy (non-hydrogen) atoms. The van der Waals surface area contributed by atoms with E-state index in [9.17, 15) is 0 Å². The topological polar surface area (TPSA) is 55.1 Å². The molecule has 0 spiro atoms. The maximum Gasteiger partial charge on any atom is 0.255 e. The highest BCUT2D eigenvalue weighted by atomic mass is 35.5. The van der Waals surface area contributed by atoms with E-state index < -0.39 is 0 Å². The Labute approximate surface area is 121 Å². The van der Waals surface area contributed by atoms with E-state index in [0.717, 1.165) is 16.6 Å². The molecular formula is C12H16ClN5S. The van der Waals surface area contributed by atoms with Gasteiger partial charge in [-0.2, -0.15) is 31.3 Å². The van der Waals surface area contributed by atoms with Crippen molar-refractivity contribution in [3.63, 3.8) is 0 Å². The van der Waals surface area contributed by atoms with E-state index in [1.807, 2.05) is 18.7 Å². The van der Waals surface area contributed by atoms with Gasteiger partial charge in [0.25, 0.3) is 5.78 Å². The second-order valence-electron chi connectivity index (χ2n) is 4.86. The van der Waals surface area contributed by atoms with Crippen LogP contribution < -0.4 is 5.32 Å². The predicted molar refractivity (Wildman–Crippen MR) is 79.1 cm³/mol. The fourth-order valence-electron chi connectivity index (χ4n) is 2.55. The summed E-state index contributed by atoms with van der Waals surface area (Å²) in [6.45, 7) is 1.96. The highest BCUT2D eigenvalue weighted by Crippen LogP contribution is 2.31. The van der Waals surface area contributed by atoms with Gasteiger partial charge >= 0.3 is 0 Å². The van der Waals surface area contributed by atoms with Gasteiger partial charge in [0.1, 0.15) is 17.3 Å². The Balaban J connectivity index is 1.92. The predicted octanol–water partition coefficient (Wildman–Crippen LogP) is 2.78. The van der Waals surface area contributed by atoms with Crippen LogP contribution in [0.1, 0.15) is 24.8 Å². The summed E-state index contributed by atoms with van der Waals surface area (Å²) < 4.78 is 1.73. The van der Waals surface area contributed by atoms with Crippen molar-refractivity contribution in [3.05, 3.63) is 17.0 Å². The zero-order chi connectivity index (χ0) is 13.4. The zero-order valence-electron chi connectivity index (χ0n) is 10.9. The fourth-order valence-corrected chi connectivity index (χ4v) is 3.51. The molecule has 2 aromatic rings. The monoisotopic (exact) mass is 297 g/mol. The lowest BCUT2D eigenvalue weighted by atomic mass is 10.2. The van der Waals surface area contributed by atoms with Crippen molar-refractivity contribution in [1.82, 2.24) is 19.6 Å². The molecule has 102 valence electrons. The Bertz CT molecular complexity index is 599. The molecule has 1 N–H and O–H groups in total. The molecule has 3 rings (SSSR count). The molecule has 0 saturated heterocycles. The van der Waals surface area contributed by atoms with E-state index in [-0.39, 0.29) is 0 Å². The highest BCUT2D eigenvalue weighted by molar-refractivity contribution is 7.99. The molecule has 0 aliphatic heterocycles. The van der Waals surface area contributed by atoms with Gasteiger partial charge in [0.05, 0.1) is 0 Å². The summed E-state index contributed by atoms with van der Waals surface area (Å²) >= 11 is 8.10. The van der Waals surface area contributed by atoms with Crippen molar-refractivity contribution >= 4 is 35.0 Å². The lowest BCUT2D eigenvalue weighted by Gasteiger charge is -2.17. The second kappa shape index (κ2) is 5.17. The van der Waals surface area contributed by atoms with Gasteiger partial charge < -0.3 is 5.32 Å². The molecule has 0 radical (unpaired) electrons. The van der Waals surface area contributed by atoms with E-state index >= 15 is 0 Å². The lowest BCUT2D eigenvalue weighted by Crippen LogP contribution is -2.19. The van der Waals surface area contributed by atoms with Gasteiger partial charge in [-0.05, 0) is 32.4 Å². The number of nitrogens with zero attached hydrogens (tertiary/aromatic N) is 4. The first-order chi connectivity index (χ1) is 9.19. The van der Waals surface area contributed by atoms with Crippen LogP contribution in [-0.2, 0) is 0 Å². The number of fused-ring (bicyclic) bond motifs is 1. The van der Waals surface area contributed by atoms with Crippen LogP contribution in [0.15, 0.2) is 6.33 Å². The Morgan fingerprint density at radius 2 is 2.32 bits per heavy atom. The lowest BCUT2D eigenvalue weighted by molar-refractivity contribution is 0.739. The summed E-state index contributed by atoms with van der Waals surface area (Å²) in [6, 6.07) is 0.474. The molecule has 1 fully saturated rings. The molecule has 5 nitrogen and oxygen atoms in total. The molecule has 2 aromatic heterocycles. The molecule has 2 unspecified atom stereocenters. The number of aromatic nitrogens is 4. The Morgan fingerprint density at radius 3 is 3.05 bits per heavy atom. The summed E-state index contributed by atoms with van der Waals surface area (Å²) in [6.07, 6.45) is 7.30. The van der Waals surface area contributed by atoms with Crippen LogP contribution in [0.3, 0.4) is 0 Å². The first-order valence-electron chi connectivity index (χ1n) is 6.34. The molecular weight excluding hydrogens is 282 g/mol. The van der Waals surface area contributed by atoms with Crippen molar-refractivity contribution < 1.29 is 0 Å². The van der Waals surface area contributed by atoms with Crippen molar-refractivity contribution in [2.75, 3.05) is 11.6 Å². The molecule has 1 aliphatic carbocycles. The van der Waals surface area contributed by atoms with Gasteiger partial charge in [-0.25, -0.2) is 0 Å². The van der Waals surface area contributed by atoms with Crippen LogP contribution in [-0.4, -0.2) is 37.1 Å². The first kappa shape index (κ1) is 13.0. The SMILES string of the molecule is CSC1CCC(Nc2c(C)c(Cl)nc3ncnn23)C1. The number of thioether (sulfide) groups is 1. The first-order valence-corrected chi connectivity index (χ1v) is 8.00. The molecule has 2 heterocycles. The van der Waals surface area contributed by atoms with Crippen LogP contribution >= 0.6 is 23.4 Å². The minimum Gasteiger partial charge on any atom is -0.367 e. The molecule has 1 saturated carbocycles. The number of anilines is 1. The van der Waals surface area contributed by atoms with E-state index in [1.165, 1.54) is 25.6 Å². The minimum absolute atomic E-state index is 0.474. The maximum atomic E-state index is 6.15. The quantitative estimate of drug-likeness (QED) is 0.883. The van der Waals surface area contributed by atoms with Gasteiger partial charge in [-0.15, -0.1) is 0 Å². The van der Waals surface area contributed by atoms with Gasteiger partial charge in [0.15, 0.2) is 0 Å². The maximum absolute atomic E-state index is 6.15. The summed E-state index contributed by atoms with van der Waals surface area (Å²) in [5.74, 6) is 1.46. The van der Waals surface area contributed by atoms with Crippen LogP contribution in [0.4, 0.5) is 5.82 Å². The van der Waals surface area contributed by atoms with Crippen molar-refractivity contribution in [1.29, 1.82) is 0 Å². The summed E-state index contributed by atoms with van der Waals surface area (Å²) in [5.41, 5.74) is 0.923. The average Bonchev–Trinajstić information content (AvgIpc) is 3.03. The summed E-state index contributed by atoms with van der Waals surface area (Å²) in [7, 11) is 0. The molecule has 1 aliphatic rings. The third-order valence-electron chi connectivity index (χ3n) is 3.66. The second-order valence-corrected chi connectivity index (χ2v) is 6.36. The zero-order valence-corrected chi connectivity index (χ0v) is 12.5. The standard InChI is InChI=1S/C12H16ClN5S/c1-7-10(13)17-12-14-6-15-18(12)11(7)16-8-3-4-9(5-8)19-2/h6,8-9,16H,3-5H2,1-2H3. The molecule has 0 amide bonds. The van der Waals surface area contributed by atoms with Crippen LogP contribution in [0.2, 0.25) is 5.15 Å². The van der Waals surface area contributed by atoms with E-state index in [2.05, 4.69) is 26.6 Å². The van der Waals surface area contributed by atoms with E-state index in [1.54, 1.807) is 4.52 Å². The Morgan fingerprint density at radius 1 is 1.47 bits per heavy atom. The molecule has 7 heteroatoms. The number of halogens is 1. The number of hydrogen-bond donors (Lipinski definition) is 1. The van der Waals surface area contributed by atoms with E-state index in [0.29, 0.717) is 17.0 Å². The van der Waals surface area contributed by atoms with Crippen molar-refractivity contribution in [2.45, 2.75) is 37.5 Å². The van der Waals surface area contributed by atoms with Gasteiger partial charge in [-0.3, -0.25) is 0 Å². The van der Waals surface area contributed by atoms with Gasteiger partial charge in [-0.1, -0.05) is 11.6 Å². The largest absolute Gasteiger partial charge is 0.367 e. The van der Waals surface area contributed by atoms with Crippen LogP contribution in [0.5, 0.6) is 0 Å². The van der Waals surface area contributed by atoms with Crippen molar-refractivity contribution in [2.24, 2.45) is 0 Å². The number of rotatable bonds is 3. The highest BCUT2D eigenvalue weighted by Gasteiger charge is 2.25. The smallest absolute Gasteiger partial charge is 0.255 e. The summed E-state index contributed by atoms with van der Waals surface area (Å²) in [4.78, 5) is 8.31. The minimum atomic E-state index is 0.474. The van der Waals surface area contributed by atoms with Crippen LogP contribution in [0.25, 0.3) is 5.78 Å². The van der Waals surface area contributed by atoms with Gasteiger partial charge in [0.2, 0.25) is 0 Å². The summed E-state index contributed by atoms with van der Waals surface area (Å²) in [5, 5.41) is 9.02. The third kappa shape index (κ3) is 2.39. The average molecular weight is 298 g/mol. The fraction of sp³-hybridized carbons (Fsp3) is 0.583. The van der Waals surface area contributed by atoms with Crippen molar-refractivity contribution in [3.8, 4) is 0 Å². The van der Waals surface area contributed by atoms with Gasteiger partial charge in [0, 0.05) is 16.9 Å². The number of hydrogen-bond acceptors (Lipinski definition) is 5. The molecule has 2 atom stereocenters. The Hall–Kier alpha value is -1.01. The van der Waals surface area contributed by atoms with E-state index in [4.69, 9.17) is 11.6 Å². The normalized spacial score (nSPS) is 23.1. The Kier molecular flexibility index (Phi) is 3.54. The third-order valence-corrected chi connectivity index (χ3v) is 5.13. The van der Waals surface area contributed by atoms with Crippen LogP contribution in [0, 0.1) is 6.92 Å².